The normalized spacial score (nSPS) is 23.9. The van der Waals surface area contributed by atoms with E-state index in [0.717, 1.165) is 25.8 Å². The average Bonchev–Trinajstić information content (AvgIpc) is 2.25. The van der Waals surface area contributed by atoms with Crippen molar-refractivity contribution in [2.75, 3.05) is 13.1 Å². The van der Waals surface area contributed by atoms with Gasteiger partial charge in [-0.2, -0.15) is 0 Å². The molecule has 0 bridgehead atoms. The molecule has 5 heteroatoms. The first-order valence-electron chi connectivity index (χ1n) is 5.82. The number of carbonyl (C=O) groups is 1. The lowest BCUT2D eigenvalue weighted by Crippen LogP contribution is -2.48. The van der Waals surface area contributed by atoms with Gasteiger partial charge in [0.1, 0.15) is 6.04 Å². The van der Waals surface area contributed by atoms with Crippen molar-refractivity contribution in [2.24, 2.45) is 11.7 Å². The maximum Gasteiger partial charge on any atom is 0.320 e. The van der Waals surface area contributed by atoms with Crippen molar-refractivity contribution >= 4 is 23.2 Å². The summed E-state index contributed by atoms with van der Waals surface area (Å²) in [7, 11) is 0. The second-order valence-electron chi connectivity index (χ2n) is 4.38. The first-order chi connectivity index (χ1) is 7.56. The molecular formula is C11H20N2O2S. The van der Waals surface area contributed by atoms with E-state index in [1.165, 1.54) is 0 Å². The summed E-state index contributed by atoms with van der Waals surface area (Å²) in [5, 5.41) is 9.18. The van der Waals surface area contributed by atoms with E-state index < -0.39 is 5.97 Å². The van der Waals surface area contributed by atoms with Crippen LogP contribution in [-0.2, 0) is 4.79 Å². The zero-order chi connectivity index (χ0) is 12.1. The third-order valence-corrected chi connectivity index (χ3v) is 3.48. The summed E-state index contributed by atoms with van der Waals surface area (Å²) < 4.78 is 0. The second kappa shape index (κ2) is 6.15. The van der Waals surface area contributed by atoms with E-state index in [4.69, 9.17) is 18.0 Å². The molecule has 1 heterocycles. The molecule has 2 unspecified atom stereocenters. The van der Waals surface area contributed by atoms with E-state index in [9.17, 15) is 9.90 Å². The maximum absolute atomic E-state index is 11.2. The number of carboxylic acid groups (broad SMARTS) is 1. The lowest BCUT2D eigenvalue weighted by atomic mass is 9.96. The molecule has 0 aliphatic carbocycles. The first-order valence-corrected chi connectivity index (χ1v) is 6.23. The van der Waals surface area contributed by atoms with Gasteiger partial charge in [0.2, 0.25) is 0 Å². The van der Waals surface area contributed by atoms with Crippen molar-refractivity contribution in [3.8, 4) is 0 Å². The number of piperidine rings is 1. The second-order valence-corrected chi connectivity index (χ2v) is 4.85. The number of likely N-dealkylation sites (tertiary alicyclic amines) is 1. The van der Waals surface area contributed by atoms with E-state index >= 15 is 0 Å². The van der Waals surface area contributed by atoms with Gasteiger partial charge in [0, 0.05) is 12.5 Å². The number of carboxylic acids is 1. The Morgan fingerprint density at radius 2 is 2.38 bits per heavy atom. The highest BCUT2D eigenvalue weighted by atomic mass is 32.1. The van der Waals surface area contributed by atoms with Gasteiger partial charge >= 0.3 is 5.97 Å². The molecule has 92 valence electrons. The largest absolute Gasteiger partial charge is 0.480 e. The van der Waals surface area contributed by atoms with Crippen LogP contribution in [0.2, 0.25) is 0 Å². The van der Waals surface area contributed by atoms with Gasteiger partial charge in [0.15, 0.2) is 0 Å². The Labute approximate surface area is 102 Å². The molecule has 0 saturated carbocycles. The third kappa shape index (κ3) is 3.42. The van der Waals surface area contributed by atoms with Crippen LogP contribution in [0.15, 0.2) is 0 Å². The van der Waals surface area contributed by atoms with Crippen molar-refractivity contribution in [1.29, 1.82) is 0 Å². The molecule has 1 rings (SSSR count). The van der Waals surface area contributed by atoms with Gasteiger partial charge in [-0.05, 0) is 25.8 Å². The molecule has 1 aliphatic rings. The predicted octanol–water partition coefficient (Wildman–Crippen LogP) is 1.24. The van der Waals surface area contributed by atoms with Gasteiger partial charge in [-0.1, -0.05) is 25.6 Å². The Balaban J connectivity index is 2.62. The molecule has 3 N–H and O–H groups in total. The Morgan fingerprint density at radius 1 is 1.69 bits per heavy atom. The van der Waals surface area contributed by atoms with Crippen molar-refractivity contribution in [3.63, 3.8) is 0 Å². The molecule has 4 nitrogen and oxygen atoms in total. The number of hydrogen-bond acceptors (Lipinski definition) is 3. The molecule has 0 amide bonds. The maximum atomic E-state index is 11.2. The lowest BCUT2D eigenvalue weighted by molar-refractivity contribution is -0.144. The lowest BCUT2D eigenvalue weighted by Gasteiger charge is -2.35. The number of nitrogens with zero attached hydrogens (tertiary/aromatic N) is 1. The van der Waals surface area contributed by atoms with E-state index in [2.05, 4.69) is 0 Å². The van der Waals surface area contributed by atoms with Crippen LogP contribution in [0.5, 0.6) is 0 Å². The molecule has 0 aromatic heterocycles. The van der Waals surface area contributed by atoms with Crippen molar-refractivity contribution < 1.29 is 9.90 Å². The van der Waals surface area contributed by atoms with Crippen LogP contribution in [-0.4, -0.2) is 40.1 Å². The van der Waals surface area contributed by atoms with E-state index in [-0.39, 0.29) is 12.0 Å². The fourth-order valence-electron chi connectivity index (χ4n) is 2.26. The molecule has 1 fully saturated rings. The zero-order valence-electron chi connectivity index (χ0n) is 9.69. The number of hydrogen-bond donors (Lipinski definition) is 2. The SMILES string of the molecule is CCCC(C(=O)O)N1CCCC(C(N)=S)C1. The molecule has 2 atom stereocenters. The minimum Gasteiger partial charge on any atom is -0.480 e. The minimum absolute atomic E-state index is 0.183. The fraction of sp³-hybridized carbons (Fsp3) is 0.818. The monoisotopic (exact) mass is 244 g/mol. The highest BCUT2D eigenvalue weighted by Gasteiger charge is 2.30. The van der Waals surface area contributed by atoms with Gasteiger partial charge < -0.3 is 10.8 Å². The van der Waals surface area contributed by atoms with Crippen LogP contribution in [0.3, 0.4) is 0 Å². The average molecular weight is 244 g/mol. The number of aliphatic carboxylic acids is 1. The number of rotatable bonds is 5. The van der Waals surface area contributed by atoms with Gasteiger partial charge in [-0.15, -0.1) is 0 Å². The predicted molar refractivity (Wildman–Crippen MR) is 67.4 cm³/mol. The van der Waals surface area contributed by atoms with Crippen molar-refractivity contribution in [2.45, 2.75) is 38.6 Å². The van der Waals surface area contributed by atoms with Gasteiger partial charge in [0.05, 0.1) is 4.99 Å². The summed E-state index contributed by atoms with van der Waals surface area (Å²) in [6.45, 7) is 3.55. The molecule has 0 spiro atoms. The van der Waals surface area contributed by atoms with Crippen molar-refractivity contribution in [3.05, 3.63) is 0 Å². The van der Waals surface area contributed by atoms with Gasteiger partial charge in [0.25, 0.3) is 0 Å². The Bertz CT molecular complexity index is 271. The van der Waals surface area contributed by atoms with E-state index in [1.54, 1.807) is 0 Å². The smallest absolute Gasteiger partial charge is 0.320 e. The van der Waals surface area contributed by atoms with Gasteiger partial charge in [-0.3, -0.25) is 9.69 Å². The standard InChI is InChI=1S/C11H20N2O2S/c1-2-4-9(11(14)15)13-6-3-5-8(7-13)10(12)16/h8-9H,2-7H2,1H3,(H2,12,16)(H,14,15). The highest BCUT2D eigenvalue weighted by molar-refractivity contribution is 7.80. The zero-order valence-corrected chi connectivity index (χ0v) is 10.5. The van der Waals surface area contributed by atoms with Crippen LogP contribution in [0, 0.1) is 5.92 Å². The summed E-state index contributed by atoms with van der Waals surface area (Å²) in [6, 6.07) is -0.373. The van der Waals surface area contributed by atoms with Gasteiger partial charge in [-0.25, -0.2) is 0 Å². The van der Waals surface area contributed by atoms with Crippen LogP contribution >= 0.6 is 12.2 Å². The summed E-state index contributed by atoms with van der Waals surface area (Å²) in [6.07, 6.45) is 3.55. The quantitative estimate of drug-likeness (QED) is 0.712. The molecule has 0 aromatic carbocycles. The van der Waals surface area contributed by atoms with Crippen LogP contribution in [0.25, 0.3) is 0 Å². The Morgan fingerprint density at radius 3 is 2.88 bits per heavy atom. The topological polar surface area (TPSA) is 66.6 Å². The van der Waals surface area contributed by atoms with Crippen LogP contribution in [0.4, 0.5) is 0 Å². The van der Waals surface area contributed by atoms with Crippen molar-refractivity contribution in [1.82, 2.24) is 4.90 Å². The van der Waals surface area contributed by atoms with E-state index in [0.29, 0.717) is 18.0 Å². The summed E-state index contributed by atoms with van der Waals surface area (Å²) in [5.41, 5.74) is 5.64. The van der Waals surface area contributed by atoms with E-state index in [1.807, 2.05) is 11.8 Å². The molecular weight excluding hydrogens is 224 g/mol. The molecule has 0 aromatic rings. The van der Waals surface area contributed by atoms with Crippen LogP contribution in [0.1, 0.15) is 32.6 Å². The number of thiocarbonyl (C=S) groups is 1. The first kappa shape index (κ1) is 13.4. The fourth-order valence-corrected chi connectivity index (χ4v) is 2.45. The molecule has 16 heavy (non-hydrogen) atoms. The number of nitrogens with two attached hydrogens (primary N) is 1. The molecule has 1 saturated heterocycles. The Hall–Kier alpha value is -0.680. The molecule has 1 aliphatic heterocycles. The summed E-state index contributed by atoms with van der Waals surface area (Å²) in [4.78, 5) is 13.7. The highest BCUT2D eigenvalue weighted by Crippen LogP contribution is 2.20. The van der Waals surface area contributed by atoms with Crippen LogP contribution < -0.4 is 5.73 Å². The molecule has 0 radical (unpaired) electrons. The minimum atomic E-state index is -0.731. The Kier molecular flexibility index (Phi) is 5.15. The summed E-state index contributed by atoms with van der Waals surface area (Å²) in [5.74, 6) is -0.548. The third-order valence-electron chi connectivity index (χ3n) is 3.14. The summed E-state index contributed by atoms with van der Waals surface area (Å²) >= 11 is 4.99.